The van der Waals surface area contributed by atoms with Gasteiger partial charge < -0.3 is 10.2 Å². The van der Waals surface area contributed by atoms with Gasteiger partial charge in [-0.1, -0.05) is 18.2 Å². The van der Waals surface area contributed by atoms with E-state index in [4.69, 9.17) is 0 Å². The summed E-state index contributed by atoms with van der Waals surface area (Å²) in [6.45, 7) is 2.98. The van der Waals surface area contributed by atoms with E-state index in [1.54, 1.807) is 36.7 Å². The largest absolute Gasteiger partial charge is 0.507 e. The molecule has 2 N–H and O–H groups in total. The third-order valence-electron chi connectivity index (χ3n) is 2.94. The first-order chi connectivity index (χ1) is 10.2. The van der Waals surface area contributed by atoms with Gasteiger partial charge in [-0.3, -0.25) is 9.98 Å². The normalized spacial score (nSPS) is 11.5. The summed E-state index contributed by atoms with van der Waals surface area (Å²) < 4.78 is 0. The Bertz CT molecular complexity index is 664. The van der Waals surface area contributed by atoms with Crippen molar-refractivity contribution in [2.45, 2.75) is 6.92 Å². The number of aliphatic imine (C=N–C) groups is 2. The fraction of sp³-hybridized carbons (Fsp3) is 0.176. The molecule has 0 aliphatic heterocycles. The second-order valence-electron chi connectivity index (χ2n) is 4.69. The van der Waals surface area contributed by atoms with E-state index >= 15 is 0 Å². The van der Waals surface area contributed by atoms with Gasteiger partial charge in [-0.05, 0) is 36.8 Å². The molecule has 0 heterocycles. The van der Waals surface area contributed by atoms with E-state index in [2.05, 4.69) is 9.98 Å². The summed E-state index contributed by atoms with van der Waals surface area (Å²) in [4.78, 5) is 8.43. The van der Waals surface area contributed by atoms with Crippen molar-refractivity contribution < 1.29 is 10.2 Å². The van der Waals surface area contributed by atoms with Crippen LogP contribution in [-0.2, 0) is 0 Å². The Kier molecular flexibility index (Phi) is 5.10. The highest BCUT2D eigenvalue weighted by atomic mass is 16.3. The topological polar surface area (TPSA) is 65.2 Å². The first-order valence-corrected chi connectivity index (χ1v) is 6.74. The summed E-state index contributed by atoms with van der Waals surface area (Å²) in [7, 11) is 0. The number of aryl methyl sites for hydroxylation is 1. The van der Waals surface area contributed by atoms with Gasteiger partial charge >= 0.3 is 0 Å². The van der Waals surface area contributed by atoms with Gasteiger partial charge in [0.25, 0.3) is 0 Å². The van der Waals surface area contributed by atoms with Gasteiger partial charge in [0.1, 0.15) is 11.5 Å². The maximum atomic E-state index is 9.72. The molecule has 0 amide bonds. The van der Waals surface area contributed by atoms with E-state index < -0.39 is 0 Å². The lowest BCUT2D eigenvalue weighted by atomic mass is 10.1. The van der Waals surface area contributed by atoms with Crippen molar-refractivity contribution >= 4 is 12.4 Å². The fourth-order valence-electron chi connectivity index (χ4n) is 1.80. The second kappa shape index (κ2) is 7.24. The number of rotatable bonds is 5. The molecule has 21 heavy (non-hydrogen) atoms. The Morgan fingerprint density at radius 2 is 1.48 bits per heavy atom. The van der Waals surface area contributed by atoms with Crippen LogP contribution in [0, 0.1) is 6.92 Å². The summed E-state index contributed by atoms with van der Waals surface area (Å²) >= 11 is 0. The highest BCUT2D eigenvalue weighted by molar-refractivity contribution is 5.84. The molecule has 0 unspecified atom stereocenters. The molecule has 0 aliphatic rings. The molecule has 0 spiro atoms. The molecule has 2 aromatic carbocycles. The number of phenols is 2. The molecule has 0 saturated carbocycles. The molecule has 2 rings (SSSR count). The first-order valence-electron chi connectivity index (χ1n) is 6.74. The number of para-hydroxylation sites is 1. The van der Waals surface area contributed by atoms with Gasteiger partial charge in [0.05, 0.1) is 13.1 Å². The zero-order valence-electron chi connectivity index (χ0n) is 11.9. The van der Waals surface area contributed by atoms with Crippen molar-refractivity contribution in [3.05, 3.63) is 59.2 Å². The molecule has 2 aromatic rings. The zero-order chi connectivity index (χ0) is 15.1. The molecule has 0 atom stereocenters. The van der Waals surface area contributed by atoms with Crippen LogP contribution in [0.3, 0.4) is 0 Å². The van der Waals surface area contributed by atoms with Gasteiger partial charge in [0.15, 0.2) is 0 Å². The Morgan fingerprint density at radius 1 is 0.857 bits per heavy atom. The summed E-state index contributed by atoms with van der Waals surface area (Å²) in [6.07, 6.45) is 3.28. The van der Waals surface area contributed by atoms with Crippen molar-refractivity contribution in [3.8, 4) is 11.5 Å². The number of benzene rings is 2. The lowest BCUT2D eigenvalue weighted by Gasteiger charge is -1.99. The molecule has 0 fully saturated rings. The van der Waals surface area contributed by atoms with Crippen LogP contribution in [0.2, 0.25) is 0 Å². The number of aromatic hydroxyl groups is 2. The van der Waals surface area contributed by atoms with Crippen LogP contribution < -0.4 is 0 Å². The maximum absolute atomic E-state index is 9.72. The van der Waals surface area contributed by atoms with Crippen LogP contribution in [0.1, 0.15) is 16.7 Å². The van der Waals surface area contributed by atoms with Crippen molar-refractivity contribution in [2.75, 3.05) is 13.1 Å². The lowest BCUT2D eigenvalue weighted by molar-refractivity contribution is 0.473. The van der Waals surface area contributed by atoms with Gasteiger partial charge in [0.2, 0.25) is 0 Å². The summed E-state index contributed by atoms with van der Waals surface area (Å²) in [5.74, 6) is 0.450. The highest BCUT2D eigenvalue weighted by Crippen LogP contribution is 2.16. The average molecular weight is 282 g/mol. The quantitative estimate of drug-likeness (QED) is 0.654. The minimum absolute atomic E-state index is 0.217. The third-order valence-corrected chi connectivity index (χ3v) is 2.94. The van der Waals surface area contributed by atoms with E-state index in [0.717, 1.165) is 5.56 Å². The van der Waals surface area contributed by atoms with Crippen molar-refractivity contribution in [3.63, 3.8) is 0 Å². The summed E-state index contributed by atoms with van der Waals surface area (Å²) in [6, 6.07) is 12.5. The van der Waals surface area contributed by atoms with Gasteiger partial charge in [-0.15, -0.1) is 0 Å². The standard InChI is InChI=1S/C17H18N2O2/c1-13-6-7-15(17(21)10-13)12-19-9-8-18-11-14-4-2-3-5-16(14)20/h2-7,10-12,20-21H,8-9H2,1H3. The summed E-state index contributed by atoms with van der Waals surface area (Å²) in [5.41, 5.74) is 2.40. The molecule has 4 nitrogen and oxygen atoms in total. The predicted molar refractivity (Wildman–Crippen MR) is 85.9 cm³/mol. The van der Waals surface area contributed by atoms with E-state index in [1.165, 1.54) is 0 Å². The number of phenolic OH excluding ortho intramolecular Hbond substituents is 2. The van der Waals surface area contributed by atoms with Crippen LogP contribution in [0.5, 0.6) is 11.5 Å². The third kappa shape index (κ3) is 4.45. The molecular formula is C17H18N2O2. The van der Waals surface area contributed by atoms with E-state index in [-0.39, 0.29) is 11.5 Å². The monoisotopic (exact) mass is 282 g/mol. The van der Waals surface area contributed by atoms with Crippen LogP contribution in [0.4, 0.5) is 0 Å². The van der Waals surface area contributed by atoms with E-state index in [0.29, 0.717) is 24.2 Å². The second-order valence-corrected chi connectivity index (χ2v) is 4.69. The molecule has 0 bridgehead atoms. The molecule has 4 heteroatoms. The number of nitrogens with zero attached hydrogens (tertiary/aromatic N) is 2. The zero-order valence-corrected chi connectivity index (χ0v) is 11.9. The predicted octanol–water partition coefficient (Wildman–Crippen LogP) is 2.94. The summed E-state index contributed by atoms with van der Waals surface area (Å²) in [5, 5.41) is 19.3. The molecule has 108 valence electrons. The van der Waals surface area contributed by atoms with Crippen molar-refractivity contribution in [2.24, 2.45) is 9.98 Å². The number of hydrogen-bond acceptors (Lipinski definition) is 4. The number of hydrogen-bond donors (Lipinski definition) is 2. The van der Waals surface area contributed by atoms with Crippen molar-refractivity contribution in [1.82, 2.24) is 0 Å². The minimum atomic E-state index is 0.217. The molecule has 0 aliphatic carbocycles. The SMILES string of the molecule is Cc1ccc(C=NCCN=Cc2ccccc2O)c(O)c1. The Labute approximate surface area is 124 Å². The van der Waals surface area contributed by atoms with Crippen LogP contribution in [0.15, 0.2) is 52.4 Å². The van der Waals surface area contributed by atoms with Gasteiger partial charge in [0, 0.05) is 23.6 Å². The molecule has 0 radical (unpaired) electrons. The van der Waals surface area contributed by atoms with E-state index in [1.807, 2.05) is 25.1 Å². The lowest BCUT2D eigenvalue weighted by Crippen LogP contribution is -1.91. The Hall–Kier alpha value is -2.62. The molecule has 0 aromatic heterocycles. The van der Waals surface area contributed by atoms with Crippen molar-refractivity contribution in [1.29, 1.82) is 0 Å². The highest BCUT2D eigenvalue weighted by Gasteiger charge is 1.97. The van der Waals surface area contributed by atoms with Gasteiger partial charge in [-0.2, -0.15) is 0 Å². The Morgan fingerprint density at radius 3 is 2.10 bits per heavy atom. The molecule has 0 saturated heterocycles. The smallest absolute Gasteiger partial charge is 0.124 e. The van der Waals surface area contributed by atoms with E-state index in [9.17, 15) is 10.2 Å². The van der Waals surface area contributed by atoms with Gasteiger partial charge in [-0.25, -0.2) is 0 Å². The first kappa shape index (κ1) is 14.8. The fourth-order valence-corrected chi connectivity index (χ4v) is 1.80. The maximum Gasteiger partial charge on any atom is 0.124 e. The average Bonchev–Trinajstić information content (AvgIpc) is 2.46. The Balaban J connectivity index is 1.84. The van der Waals surface area contributed by atoms with Crippen LogP contribution in [-0.4, -0.2) is 35.7 Å². The van der Waals surface area contributed by atoms with Crippen LogP contribution in [0.25, 0.3) is 0 Å². The minimum Gasteiger partial charge on any atom is -0.507 e. The molecular weight excluding hydrogens is 264 g/mol. The van der Waals surface area contributed by atoms with Crippen LogP contribution >= 0.6 is 0 Å².